The van der Waals surface area contributed by atoms with Crippen molar-refractivity contribution in [1.29, 1.82) is 0 Å². The summed E-state index contributed by atoms with van der Waals surface area (Å²) in [4.78, 5) is 10.7. The number of benzene rings is 2. The number of nitrogens with one attached hydrogen (secondary N) is 1. The summed E-state index contributed by atoms with van der Waals surface area (Å²) in [7, 11) is 0. The minimum Gasteiger partial charge on any atom is -0.478 e. The Morgan fingerprint density at radius 1 is 1.05 bits per heavy atom. The first-order valence-corrected chi connectivity index (χ1v) is 5.95. The molecule has 2 aromatic carbocycles. The summed E-state index contributed by atoms with van der Waals surface area (Å²) in [5.74, 6) is -3.25. The maximum absolute atomic E-state index is 13.9. The third-order valence-electron chi connectivity index (χ3n) is 3.02. The first-order valence-electron chi connectivity index (χ1n) is 5.95. The summed E-state index contributed by atoms with van der Waals surface area (Å²) >= 11 is 0. The lowest BCUT2D eigenvalue weighted by Gasteiger charge is -2.14. The second kappa shape index (κ2) is 5.28. The van der Waals surface area contributed by atoms with Crippen LogP contribution in [0, 0.1) is 25.5 Å². The van der Waals surface area contributed by atoms with Gasteiger partial charge in [0, 0.05) is 5.69 Å². The molecule has 3 nitrogen and oxygen atoms in total. The van der Waals surface area contributed by atoms with Gasteiger partial charge in [0.05, 0.1) is 5.56 Å². The standard InChI is InChI=1S/C15H13F2NO2/c1-8-4-3-5-9(2)13(8)18-14-11(16)6-10(15(19)20)7-12(14)17/h3-7,18H,1-2H3,(H,19,20). The summed E-state index contributed by atoms with van der Waals surface area (Å²) in [6.07, 6.45) is 0. The molecular formula is C15H13F2NO2. The van der Waals surface area contributed by atoms with Crippen LogP contribution in [-0.4, -0.2) is 11.1 Å². The number of anilines is 2. The van der Waals surface area contributed by atoms with E-state index in [2.05, 4.69) is 5.32 Å². The Labute approximate surface area is 114 Å². The summed E-state index contributed by atoms with van der Waals surface area (Å²) < 4.78 is 27.7. The number of aryl methyl sites for hydroxylation is 2. The van der Waals surface area contributed by atoms with Gasteiger partial charge < -0.3 is 10.4 Å². The van der Waals surface area contributed by atoms with Gasteiger partial charge in [-0.15, -0.1) is 0 Å². The molecule has 0 heterocycles. The van der Waals surface area contributed by atoms with Gasteiger partial charge in [-0.3, -0.25) is 0 Å². The molecule has 2 N–H and O–H groups in total. The highest BCUT2D eigenvalue weighted by atomic mass is 19.1. The van der Waals surface area contributed by atoms with Crippen LogP contribution >= 0.6 is 0 Å². The van der Waals surface area contributed by atoms with Gasteiger partial charge in [0.2, 0.25) is 0 Å². The lowest BCUT2D eigenvalue weighted by Crippen LogP contribution is -2.04. The predicted molar refractivity (Wildman–Crippen MR) is 72.5 cm³/mol. The van der Waals surface area contributed by atoms with Crippen LogP contribution in [0.2, 0.25) is 0 Å². The van der Waals surface area contributed by atoms with Crippen molar-refractivity contribution in [3.8, 4) is 0 Å². The van der Waals surface area contributed by atoms with Gasteiger partial charge in [-0.2, -0.15) is 0 Å². The number of para-hydroxylation sites is 1. The average molecular weight is 277 g/mol. The summed E-state index contributed by atoms with van der Waals surface area (Å²) in [5.41, 5.74) is 1.50. The Bertz CT molecular complexity index is 640. The maximum atomic E-state index is 13.9. The van der Waals surface area contributed by atoms with Crippen molar-refractivity contribution >= 4 is 17.3 Å². The molecule has 0 saturated carbocycles. The van der Waals surface area contributed by atoms with E-state index in [1.165, 1.54) is 0 Å². The molecule has 2 rings (SSSR count). The van der Waals surface area contributed by atoms with Gasteiger partial charge in [0.25, 0.3) is 0 Å². The van der Waals surface area contributed by atoms with Crippen molar-refractivity contribution in [2.24, 2.45) is 0 Å². The molecule has 0 spiro atoms. The SMILES string of the molecule is Cc1cccc(C)c1Nc1c(F)cc(C(=O)O)cc1F. The largest absolute Gasteiger partial charge is 0.478 e. The van der Waals surface area contributed by atoms with Crippen LogP contribution in [0.4, 0.5) is 20.2 Å². The van der Waals surface area contributed by atoms with Crippen LogP contribution in [-0.2, 0) is 0 Å². The minimum absolute atomic E-state index is 0.354. The number of rotatable bonds is 3. The van der Waals surface area contributed by atoms with Gasteiger partial charge in [-0.05, 0) is 37.1 Å². The van der Waals surface area contributed by atoms with E-state index in [0.717, 1.165) is 23.3 Å². The quantitative estimate of drug-likeness (QED) is 0.890. The van der Waals surface area contributed by atoms with Crippen LogP contribution in [0.3, 0.4) is 0 Å². The van der Waals surface area contributed by atoms with E-state index < -0.39 is 23.2 Å². The van der Waals surface area contributed by atoms with Crippen molar-refractivity contribution < 1.29 is 18.7 Å². The van der Waals surface area contributed by atoms with E-state index in [1.807, 2.05) is 32.0 Å². The zero-order valence-corrected chi connectivity index (χ0v) is 11.0. The third-order valence-corrected chi connectivity index (χ3v) is 3.02. The molecule has 0 amide bonds. The third kappa shape index (κ3) is 2.61. The molecule has 0 atom stereocenters. The first-order chi connectivity index (χ1) is 9.40. The predicted octanol–water partition coefficient (Wildman–Crippen LogP) is 4.02. The van der Waals surface area contributed by atoms with E-state index in [9.17, 15) is 13.6 Å². The Kier molecular flexibility index (Phi) is 3.70. The van der Waals surface area contributed by atoms with Crippen LogP contribution < -0.4 is 5.32 Å². The van der Waals surface area contributed by atoms with Crippen molar-refractivity contribution in [2.75, 3.05) is 5.32 Å². The smallest absolute Gasteiger partial charge is 0.335 e. The summed E-state index contributed by atoms with van der Waals surface area (Å²) in [6.45, 7) is 3.63. The van der Waals surface area contributed by atoms with Crippen molar-refractivity contribution in [2.45, 2.75) is 13.8 Å². The topological polar surface area (TPSA) is 49.3 Å². The molecule has 0 unspecified atom stereocenters. The van der Waals surface area contributed by atoms with E-state index in [-0.39, 0.29) is 5.69 Å². The zero-order chi connectivity index (χ0) is 14.9. The molecular weight excluding hydrogens is 264 g/mol. The van der Waals surface area contributed by atoms with Crippen LogP contribution in [0.25, 0.3) is 0 Å². The van der Waals surface area contributed by atoms with Crippen LogP contribution in [0.1, 0.15) is 21.5 Å². The fourth-order valence-corrected chi connectivity index (χ4v) is 1.95. The highest BCUT2D eigenvalue weighted by molar-refractivity contribution is 5.88. The molecule has 20 heavy (non-hydrogen) atoms. The lowest BCUT2D eigenvalue weighted by atomic mass is 10.1. The Morgan fingerprint density at radius 3 is 2.00 bits per heavy atom. The molecule has 0 saturated heterocycles. The van der Waals surface area contributed by atoms with Gasteiger partial charge in [-0.25, -0.2) is 13.6 Å². The maximum Gasteiger partial charge on any atom is 0.335 e. The number of carboxylic acid groups (broad SMARTS) is 1. The molecule has 0 fully saturated rings. The Balaban J connectivity index is 2.47. The average Bonchev–Trinajstić information content (AvgIpc) is 2.36. The van der Waals surface area contributed by atoms with Gasteiger partial charge in [0.15, 0.2) is 11.6 Å². The molecule has 0 aliphatic rings. The Hall–Kier alpha value is -2.43. The molecule has 0 aromatic heterocycles. The minimum atomic E-state index is -1.37. The number of aromatic carboxylic acids is 1. The van der Waals surface area contributed by atoms with Crippen LogP contribution in [0.5, 0.6) is 0 Å². The number of halogens is 2. The molecule has 0 aliphatic heterocycles. The highest BCUT2D eigenvalue weighted by Crippen LogP contribution is 2.28. The normalized spacial score (nSPS) is 10.4. The zero-order valence-electron chi connectivity index (χ0n) is 11.0. The van der Waals surface area contributed by atoms with E-state index in [1.54, 1.807) is 0 Å². The Morgan fingerprint density at radius 2 is 1.55 bits per heavy atom. The van der Waals surface area contributed by atoms with Gasteiger partial charge in [-0.1, -0.05) is 18.2 Å². The number of carboxylic acids is 1. The molecule has 5 heteroatoms. The van der Waals surface area contributed by atoms with Gasteiger partial charge in [0.1, 0.15) is 5.69 Å². The summed E-state index contributed by atoms with van der Waals surface area (Å²) in [5, 5.41) is 11.4. The second-order valence-electron chi connectivity index (χ2n) is 4.51. The molecule has 0 radical (unpaired) electrons. The van der Waals surface area contributed by atoms with Crippen molar-refractivity contribution in [1.82, 2.24) is 0 Å². The molecule has 2 aromatic rings. The molecule has 104 valence electrons. The van der Waals surface area contributed by atoms with Crippen LogP contribution in [0.15, 0.2) is 30.3 Å². The molecule has 0 aliphatic carbocycles. The second-order valence-corrected chi connectivity index (χ2v) is 4.51. The lowest BCUT2D eigenvalue weighted by molar-refractivity contribution is 0.0696. The van der Waals surface area contributed by atoms with Gasteiger partial charge >= 0.3 is 5.97 Å². The highest BCUT2D eigenvalue weighted by Gasteiger charge is 2.16. The number of hydrogen-bond acceptors (Lipinski definition) is 2. The van der Waals surface area contributed by atoms with Crippen molar-refractivity contribution in [3.63, 3.8) is 0 Å². The number of carbonyl (C=O) groups is 1. The summed E-state index contributed by atoms with van der Waals surface area (Å²) in [6, 6.07) is 7.06. The van der Waals surface area contributed by atoms with E-state index >= 15 is 0 Å². The van der Waals surface area contributed by atoms with E-state index in [4.69, 9.17) is 5.11 Å². The van der Waals surface area contributed by atoms with Crippen molar-refractivity contribution in [3.05, 3.63) is 58.7 Å². The fourth-order valence-electron chi connectivity index (χ4n) is 1.95. The number of hydrogen-bond donors (Lipinski definition) is 2. The monoisotopic (exact) mass is 277 g/mol. The first kappa shape index (κ1) is 14.0. The molecule has 0 bridgehead atoms. The fraction of sp³-hybridized carbons (Fsp3) is 0.133. The van der Waals surface area contributed by atoms with E-state index in [0.29, 0.717) is 5.69 Å².